The van der Waals surface area contributed by atoms with Gasteiger partial charge in [-0.2, -0.15) is 0 Å². The van der Waals surface area contributed by atoms with Crippen molar-refractivity contribution in [2.75, 3.05) is 7.11 Å². The molecule has 0 atom stereocenters. The number of ether oxygens (including phenoxy) is 1. The minimum absolute atomic E-state index is 0.0918. The first-order valence-electron chi connectivity index (χ1n) is 6.07. The van der Waals surface area contributed by atoms with Crippen LogP contribution in [-0.4, -0.2) is 30.3 Å². The molecule has 0 aliphatic heterocycles. The normalized spacial score (nSPS) is 11.9. The second-order valence-electron chi connectivity index (χ2n) is 4.66. The summed E-state index contributed by atoms with van der Waals surface area (Å²) in [6.07, 6.45) is 0. The number of sulfonamides is 1. The van der Waals surface area contributed by atoms with E-state index in [9.17, 15) is 12.8 Å². The van der Waals surface area contributed by atoms with Gasteiger partial charge in [0, 0.05) is 12.1 Å². The zero-order chi connectivity index (χ0) is 15.8. The van der Waals surface area contributed by atoms with Crippen LogP contribution in [0.2, 0.25) is 0 Å². The summed E-state index contributed by atoms with van der Waals surface area (Å²) in [6.45, 7) is 3.45. The molecular formula is C12H15FN4O3S. The van der Waals surface area contributed by atoms with Crippen molar-refractivity contribution in [1.29, 1.82) is 0 Å². The van der Waals surface area contributed by atoms with Crippen LogP contribution in [0.1, 0.15) is 19.9 Å². The van der Waals surface area contributed by atoms with E-state index in [0.29, 0.717) is 5.75 Å². The first kappa shape index (κ1) is 15.4. The van der Waals surface area contributed by atoms with Crippen LogP contribution in [0.5, 0.6) is 5.75 Å². The van der Waals surface area contributed by atoms with Gasteiger partial charge in [0.05, 0.1) is 12.7 Å². The fourth-order valence-corrected chi connectivity index (χ4v) is 2.65. The summed E-state index contributed by atoms with van der Waals surface area (Å²) in [5, 5.41) is 12.0. The number of nitrogens with zero attached hydrogens (tertiary/aromatic N) is 3. The van der Waals surface area contributed by atoms with Crippen molar-refractivity contribution in [2.24, 2.45) is 5.14 Å². The van der Waals surface area contributed by atoms with Gasteiger partial charge in [-0.3, -0.25) is 4.57 Å². The Morgan fingerprint density at radius 3 is 2.48 bits per heavy atom. The SMILES string of the molecule is COc1ccc(-c2nnc(S(N)(=O)=O)n2C(C)C)c(F)c1. The van der Waals surface area contributed by atoms with E-state index >= 15 is 0 Å². The van der Waals surface area contributed by atoms with Gasteiger partial charge in [-0.1, -0.05) is 0 Å². The average Bonchev–Trinajstić information content (AvgIpc) is 2.83. The number of hydrogen-bond donors (Lipinski definition) is 1. The highest BCUT2D eigenvalue weighted by Gasteiger charge is 2.25. The first-order chi connectivity index (χ1) is 9.75. The van der Waals surface area contributed by atoms with Crippen molar-refractivity contribution in [3.63, 3.8) is 0 Å². The van der Waals surface area contributed by atoms with E-state index in [0.717, 1.165) is 0 Å². The summed E-state index contributed by atoms with van der Waals surface area (Å²) in [4.78, 5) is 0. The Bertz CT molecular complexity index is 771. The topological polar surface area (TPSA) is 100 Å². The van der Waals surface area contributed by atoms with Gasteiger partial charge in [-0.25, -0.2) is 17.9 Å². The van der Waals surface area contributed by atoms with Gasteiger partial charge in [0.25, 0.3) is 15.2 Å². The molecule has 0 saturated heterocycles. The fourth-order valence-electron chi connectivity index (χ4n) is 1.92. The van der Waals surface area contributed by atoms with Gasteiger partial charge < -0.3 is 4.74 Å². The molecule has 7 nitrogen and oxygen atoms in total. The van der Waals surface area contributed by atoms with Gasteiger partial charge in [-0.05, 0) is 26.0 Å². The Morgan fingerprint density at radius 1 is 1.33 bits per heavy atom. The number of primary sulfonamides is 1. The molecular weight excluding hydrogens is 299 g/mol. The Balaban J connectivity index is 2.68. The maximum Gasteiger partial charge on any atom is 0.273 e. The van der Waals surface area contributed by atoms with E-state index in [4.69, 9.17) is 9.88 Å². The average molecular weight is 314 g/mol. The molecule has 0 bridgehead atoms. The highest BCUT2D eigenvalue weighted by atomic mass is 32.2. The molecule has 21 heavy (non-hydrogen) atoms. The van der Waals surface area contributed by atoms with E-state index in [1.807, 2.05) is 0 Å². The van der Waals surface area contributed by atoms with Crippen LogP contribution in [0.4, 0.5) is 4.39 Å². The zero-order valence-electron chi connectivity index (χ0n) is 11.7. The molecule has 1 aromatic heterocycles. The lowest BCUT2D eigenvalue weighted by molar-refractivity contribution is 0.411. The second-order valence-corrected chi connectivity index (χ2v) is 6.12. The monoisotopic (exact) mass is 314 g/mol. The fraction of sp³-hybridized carbons (Fsp3) is 0.333. The molecule has 2 rings (SSSR count). The third-order valence-electron chi connectivity index (χ3n) is 2.85. The van der Waals surface area contributed by atoms with E-state index in [1.54, 1.807) is 19.9 Å². The van der Waals surface area contributed by atoms with Crippen LogP contribution < -0.4 is 9.88 Å². The Labute approximate surface area is 121 Å². The van der Waals surface area contributed by atoms with Crippen LogP contribution in [0.3, 0.4) is 0 Å². The van der Waals surface area contributed by atoms with E-state index < -0.39 is 21.0 Å². The van der Waals surface area contributed by atoms with Gasteiger partial charge in [0.2, 0.25) is 0 Å². The van der Waals surface area contributed by atoms with Gasteiger partial charge in [-0.15, -0.1) is 10.2 Å². The number of aromatic nitrogens is 3. The second kappa shape index (κ2) is 5.41. The van der Waals surface area contributed by atoms with Crippen molar-refractivity contribution >= 4 is 10.0 Å². The first-order valence-corrected chi connectivity index (χ1v) is 7.62. The maximum atomic E-state index is 14.1. The number of hydrogen-bond acceptors (Lipinski definition) is 5. The van der Waals surface area contributed by atoms with Crippen molar-refractivity contribution in [1.82, 2.24) is 14.8 Å². The molecule has 1 heterocycles. The van der Waals surface area contributed by atoms with Crippen molar-refractivity contribution in [3.05, 3.63) is 24.0 Å². The predicted molar refractivity (Wildman–Crippen MR) is 73.7 cm³/mol. The number of benzene rings is 1. The predicted octanol–water partition coefficient (Wildman–Crippen LogP) is 1.32. The molecule has 0 amide bonds. The minimum Gasteiger partial charge on any atom is -0.497 e. The third-order valence-corrected chi connectivity index (χ3v) is 3.64. The van der Waals surface area contributed by atoms with Crippen LogP contribution in [0.25, 0.3) is 11.4 Å². The van der Waals surface area contributed by atoms with Crippen molar-refractivity contribution in [3.8, 4) is 17.1 Å². The molecule has 0 radical (unpaired) electrons. The molecule has 0 fully saturated rings. The molecule has 2 aromatic rings. The summed E-state index contributed by atoms with van der Waals surface area (Å²) in [5.74, 6) is -0.155. The molecule has 114 valence electrons. The summed E-state index contributed by atoms with van der Waals surface area (Å²) < 4.78 is 43.4. The number of nitrogens with two attached hydrogens (primary N) is 1. The molecule has 0 aliphatic carbocycles. The lowest BCUT2D eigenvalue weighted by Gasteiger charge is -2.13. The van der Waals surface area contributed by atoms with Gasteiger partial charge >= 0.3 is 0 Å². The van der Waals surface area contributed by atoms with Crippen LogP contribution >= 0.6 is 0 Å². The van der Waals surface area contributed by atoms with Gasteiger partial charge in [0.15, 0.2) is 5.82 Å². The van der Waals surface area contributed by atoms with E-state index in [2.05, 4.69) is 10.2 Å². The summed E-state index contributed by atoms with van der Waals surface area (Å²) >= 11 is 0. The quantitative estimate of drug-likeness (QED) is 0.917. The molecule has 2 N–H and O–H groups in total. The standard InChI is InChI=1S/C12H15FN4O3S/c1-7(2)17-11(15-16-12(17)21(14,18)19)9-5-4-8(20-3)6-10(9)13/h4-7H,1-3H3,(H2,14,18,19). The molecule has 0 saturated carbocycles. The lowest BCUT2D eigenvalue weighted by atomic mass is 10.2. The number of halogens is 1. The highest BCUT2D eigenvalue weighted by molar-refractivity contribution is 7.89. The molecule has 0 unspecified atom stereocenters. The Kier molecular flexibility index (Phi) is 3.97. The van der Waals surface area contributed by atoms with Crippen LogP contribution in [0.15, 0.2) is 23.4 Å². The smallest absolute Gasteiger partial charge is 0.273 e. The lowest BCUT2D eigenvalue weighted by Crippen LogP contribution is -2.20. The summed E-state index contributed by atoms with van der Waals surface area (Å²) in [7, 11) is -2.63. The molecule has 9 heteroatoms. The molecule has 0 spiro atoms. The third kappa shape index (κ3) is 2.88. The largest absolute Gasteiger partial charge is 0.497 e. The van der Waals surface area contributed by atoms with Crippen LogP contribution in [-0.2, 0) is 10.0 Å². The van der Waals surface area contributed by atoms with Crippen LogP contribution in [0, 0.1) is 5.82 Å². The Morgan fingerprint density at radius 2 is 2.00 bits per heavy atom. The zero-order valence-corrected chi connectivity index (χ0v) is 12.6. The molecule has 1 aromatic carbocycles. The summed E-state index contributed by atoms with van der Waals surface area (Å²) in [5.41, 5.74) is 0.118. The minimum atomic E-state index is -4.05. The number of rotatable bonds is 4. The maximum absolute atomic E-state index is 14.1. The molecule has 0 aliphatic rings. The van der Waals surface area contributed by atoms with E-state index in [-0.39, 0.29) is 17.4 Å². The highest BCUT2D eigenvalue weighted by Crippen LogP contribution is 2.28. The van der Waals surface area contributed by atoms with Crippen molar-refractivity contribution < 1.29 is 17.5 Å². The summed E-state index contributed by atoms with van der Waals surface area (Å²) in [6, 6.07) is 3.87. The van der Waals surface area contributed by atoms with Gasteiger partial charge in [0.1, 0.15) is 11.6 Å². The van der Waals surface area contributed by atoms with E-state index in [1.165, 1.54) is 23.8 Å². The number of methoxy groups -OCH3 is 1. The Hall–Kier alpha value is -2.00. The van der Waals surface area contributed by atoms with Crippen molar-refractivity contribution in [2.45, 2.75) is 25.0 Å².